The summed E-state index contributed by atoms with van der Waals surface area (Å²) in [7, 11) is 0. The van der Waals surface area contributed by atoms with E-state index in [-0.39, 0.29) is 16.6 Å². The Morgan fingerprint density at radius 3 is 2.72 bits per heavy atom. The first-order valence-corrected chi connectivity index (χ1v) is 9.38. The Bertz CT molecular complexity index is 1090. The molecule has 0 saturated carbocycles. The number of carbonyl (C=O) groups excluding carboxylic acids is 1. The van der Waals surface area contributed by atoms with Crippen LogP contribution in [0.3, 0.4) is 0 Å². The number of nitrogens with zero attached hydrogens (tertiary/aromatic N) is 3. The molecule has 0 aliphatic carbocycles. The van der Waals surface area contributed by atoms with E-state index in [1.807, 2.05) is 24.3 Å². The molecule has 1 N–H and O–H groups in total. The molecule has 0 unspecified atom stereocenters. The van der Waals surface area contributed by atoms with Crippen LogP contribution in [0.5, 0.6) is 0 Å². The van der Waals surface area contributed by atoms with Crippen LogP contribution in [0, 0.1) is 10.1 Å². The molecule has 1 aliphatic heterocycles. The van der Waals surface area contributed by atoms with Crippen molar-refractivity contribution < 1.29 is 14.5 Å². The molecule has 0 spiro atoms. The molecule has 1 aliphatic rings. The Balaban J connectivity index is 1.81. The summed E-state index contributed by atoms with van der Waals surface area (Å²) in [6, 6.07) is 11.9. The van der Waals surface area contributed by atoms with Crippen LogP contribution in [0.2, 0.25) is 5.02 Å². The number of H-pyrrole nitrogens is 1. The number of fused-ring (bicyclic) bond motifs is 1. The molecule has 0 atom stereocenters. The minimum absolute atomic E-state index is 0.0388. The molecule has 29 heavy (non-hydrogen) atoms. The third-order valence-corrected chi connectivity index (χ3v) is 4.97. The summed E-state index contributed by atoms with van der Waals surface area (Å²) in [6.45, 7) is 1.87. The summed E-state index contributed by atoms with van der Waals surface area (Å²) in [5, 5.41) is 11.3. The highest BCUT2D eigenvalue weighted by Crippen LogP contribution is 2.28. The average molecular weight is 413 g/mol. The Labute approximate surface area is 170 Å². The first kappa shape index (κ1) is 19.1. The van der Waals surface area contributed by atoms with E-state index in [9.17, 15) is 14.9 Å². The van der Waals surface area contributed by atoms with Crippen molar-refractivity contribution in [3.8, 4) is 0 Å². The number of ether oxygens (including phenoxy) is 1. The molecule has 8 nitrogen and oxygen atoms in total. The van der Waals surface area contributed by atoms with Gasteiger partial charge < -0.3 is 14.6 Å². The van der Waals surface area contributed by atoms with Gasteiger partial charge in [-0.3, -0.25) is 14.9 Å². The number of imidazole rings is 1. The molecule has 2 heterocycles. The maximum Gasteiger partial charge on any atom is 0.288 e. The van der Waals surface area contributed by atoms with Crippen molar-refractivity contribution in [1.82, 2.24) is 14.9 Å². The van der Waals surface area contributed by atoms with Crippen LogP contribution >= 0.6 is 11.6 Å². The van der Waals surface area contributed by atoms with Gasteiger partial charge in [-0.1, -0.05) is 29.8 Å². The van der Waals surface area contributed by atoms with E-state index in [4.69, 9.17) is 16.3 Å². The Morgan fingerprint density at radius 1 is 1.24 bits per heavy atom. The van der Waals surface area contributed by atoms with Crippen molar-refractivity contribution in [3.63, 3.8) is 0 Å². The van der Waals surface area contributed by atoms with Gasteiger partial charge in [-0.05, 0) is 29.8 Å². The fourth-order valence-electron chi connectivity index (χ4n) is 3.17. The lowest BCUT2D eigenvalue weighted by molar-refractivity contribution is -0.384. The number of aromatic nitrogens is 2. The second kappa shape index (κ2) is 8.02. The van der Waals surface area contributed by atoms with Gasteiger partial charge in [-0.2, -0.15) is 0 Å². The summed E-state index contributed by atoms with van der Waals surface area (Å²) in [5.41, 5.74) is 2.11. The van der Waals surface area contributed by atoms with E-state index in [1.54, 1.807) is 17.0 Å². The maximum atomic E-state index is 13.2. The van der Waals surface area contributed by atoms with Crippen LogP contribution in [-0.2, 0) is 9.53 Å². The number of morpholine rings is 1. The van der Waals surface area contributed by atoms with Crippen LogP contribution in [0.25, 0.3) is 22.7 Å². The van der Waals surface area contributed by atoms with Crippen LogP contribution in [0.15, 0.2) is 42.5 Å². The van der Waals surface area contributed by atoms with Gasteiger partial charge in [0, 0.05) is 19.2 Å². The third-order valence-electron chi connectivity index (χ3n) is 4.65. The predicted molar refractivity (Wildman–Crippen MR) is 109 cm³/mol. The number of nitro groups is 1. The van der Waals surface area contributed by atoms with Crippen molar-refractivity contribution in [2.45, 2.75) is 0 Å². The van der Waals surface area contributed by atoms with Crippen LogP contribution in [-0.4, -0.2) is 52.0 Å². The van der Waals surface area contributed by atoms with Gasteiger partial charge in [0.25, 0.3) is 11.6 Å². The van der Waals surface area contributed by atoms with Gasteiger partial charge >= 0.3 is 0 Å². The zero-order valence-corrected chi connectivity index (χ0v) is 16.1. The van der Waals surface area contributed by atoms with Gasteiger partial charge in [0.05, 0.1) is 34.7 Å². The number of hydrogen-bond acceptors (Lipinski definition) is 5. The number of rotatable bonds is 4. The fraction of sp³-hybridized carbons (Fsp3) is 0.200. The van der Waals surface area contributed by atoms with Crippen molar-refractivity contribution >= 4 is 45.9 Å². The first-order chi connectivity index (χ1) is 14.0. The molecule has 1 aromatic heterocycles. The van der Waals surface area contributed by atoms with Gasteiger partial charge in [-0.25, -0.2) is 4.98 Å². The molecule has 148 valence electrons. The Hall–Kier alpha value is -3.23. The van der Waals surface area contributed by atoms with Crippen molar-refractivity contribution in [2.75, 3.05) is 26.3 Å². The highest BCUT2D eigenvalue weighted by Gasteiger charge is 2.24. The molecule has 1 fully saturated rings. The number of halogens is 1. The molecule has 9 heteroatoms. The van der Waals surface area contributed by atoms with Crippen LogP contribution in [0.4, 0.5) is 5.69 Å². The molecule has 1 amide bonds. The number of para-hydroxylation sites is 2. The number of nitrogens with one attached hydrogen (secondary N) is 1. The number of carbonyl (C=O) groups is 1. The molecule has 3 aromatic rings. The summed E-state index contributed by atoms with van der Waals surface area (Å²) in [6.07, 6.45) is 1.60. The molecule has 0 bridgehead atoms. The van der Waals surface area contributed by atoms with E-state index in [1.165, 1.54) is 12.1 Å². The monoisotopic (exact) mass is 412 g/mol. The van der Waals surface area contributed by atoms with E-state index in [0.717, 1.165) is 11.0 Å². The molecule has 4 rings (SSSR count). The number of benzene rings is 2. The number of amides is 1. The second-order valence-electron chi connectivity index (χ2n) is 6.53. The first-order valence-electron chi connectivity index (χ1n) is 9.01. The summed E-state index contributed by atoms with van der Waals surface area (Å²) >= 11 is 5.91. The van der Waals surface area contributed by atoms with Gasteiger partial charge in [0.1, 0.15) is 10.8 Å². The predicted octanol–water partition coefficient (Wildman–Crippen LogP) is 3.52. The third kappa shape index (κ3) is 3.98. The summed E-state index contributed by atoms with van der Waals surface area (Å²) < 4.78 is 5.33. The Kier molecular flexibility index (Phi) is 5.28. The lowest BCUT2D eigenvalue weighted by Gasteiger charge is -2.27. The SMILES string of the molecule is O=C(C(=Cc1ccc(Cl)c([N+](=O)[O-])c1)c1nc2ccccc2[nH]1)N1CCOCC1. The quantitative estimate of drug-likeness (QED) is 0.401. The molecular formula is C20H17ClN4O4. The van der Waals surface area contributed by atoms with Gasteiger partial charge in [0.2, 0.25) is 0 Å². The van der Waals surface area contributed by atoms with E-state index in [2.05, 4.69) is 9.97 Å². The molecule has 0 radical (unpaired) electrons. The van der Waals surface area contributed by atoms with Crippen molar-refractivity contribution in [2.24, 2.45) is 0 Å². The largest absolute Gasteiger partial charge is 0.378 e. The summed E-state index contributed by atoms with van der Waals surface area (Å²) in [5.74, 6) is 0.185. The fourth-order valence-corrected chi connectivity index (χ4v) is 3.36. The lowest BCUT2D eigenvalue weighted by Crippen LogP contribution is -2.41. The molecule has 2 aromatic carbocycles. The second-order valence-corrected chi connectivity index (χ2v) is 6.94. The standard InChI is InChI=1S/C20H17ClN4O4/c21-15-6-5-13(12-18(15)25(27)28)11-14(20(26)24-7-9-29-10-8-24)19-22-16-3-1-2-4-17(16)23-19/h1-6,11-12H,7-10H2,(H,22,23). The normalized spacial score (nSPS) is 14.9. The van der Waals surface area contributed by atoms with Crippen LogP contribution in [0.1, 0.15) is 11.4 Å². The highest BCUT2D eigenvalue weighted by molar-refractivity contribution is 6.32. The lowest BCUT2D eigenvalue weighted by atomic mass is 10.1. The molecule has 1 saturated heterocycles. The van der Waals surface area contributed by atoms with Gasteiger partial charge in [0.15, 0.2) is 0 Å². The summed E-state index contributed by atoms with van der Waals surface area (Å²) in [4.78, 5) is 33.3. The van der Waals surface area contributed by atoms with Gasteiger partial charge in [-0.15, -0.1) is 0 Å². The van der Waals surface area contributed by atoms with Crippen molar-refractivity contribution in [1.29, 1.82) is 0 Å². The van der Waals surface area contributed by atoms with Crippen LogP contribution < -0.4 is 0 Å². The van der Waals surface area contributed by atoms with E-state index >= 15 is 0 Å². The number of aromatic amines is 1. The van der Waals surface area contributed by atoms with E-state index < -0.39 is 4.92 Å². The topological polar surface area (TPSA) is 101 Å². The minimum Gasteiger partial charge on any atom is -0.378 e. The highest BCUT2D eigenvalue weighted by atomic mass is 35.5. The van der Waals surface area contributed by atoms with E-state index in [0.29, 0.717) is 43.3 Å². The Morgan fingerprint density at radius 2 is 2.00 bits per heavy atom. The average Bonchev–Trinajstić information content (AvgIpc) is 3.17. The maximum absolute atomic E-state index is 13.2. The minimum atomic E-state index is -0.551. The molecular weight excluding hydrogens is 396 g/mol. The smallest absolute Gasteiger partial charge is 0.288 e. The van der Waals surface area contributed by atoms with Crippen molar-refractivity contribution in [3.05, 3.63) is 69.0 Å². The number of nitro benzene ring substituents is 1. The number of hydrogen-bond donors (Lipinski definition) is 1. The zero-order valence-electron chi connectivity index (χ0n) is 15.3. The zero-order chi connectivity index (χ0) is 20.4.